The van der Waals surface area contributed by atoms with Gasteiger partial charge in [-0.25, -0.2) is 9.37 Å². The fourth-order valence-corrected chi connectivity index (χ4v) is 3.46. The fraction of sp³-hybridized carbons (Fsp3) is 0.421. The van der Waals surface area contributed by atoms with Crippen molar-refractivity contribution in [2.24, 2.45) is 0 Å². The summed E-state index contributed by atoms with van der Waals surface area (Å²) in [4.78, 5) is 22.9. The average molecular weight is 387 g/mol. The number of carbonyl (C=O) groups excluding carboxylic acids is 1. The van der Waals surface area contributed by atoms with Crippen LogP contribution in [-0.4, -0.2) is 48.0 Å². The van der Waals surface area contributed by atoms with E-state index in [1.165, 1.54) is 12.3 Å². The van der Waals surface area contributed by atoms with Gasteiger partial charge >= 0.3 is 0 Å². The number of nitrogens with one attached hydrogen (secondary N) is 1. The molecule has 0 radical (unpaired) electrons. The molecule has 1 aromatic heterocycles. The smallest absolute Gasteiger partial charge is 0.256 e. The van der Waals surface area contributed by atoms with Gasteiger partial charge in [0.25, 0.3) is 5.91 Å². The molecule has 1 aromatic carbocycles. The van der Waals surface area contributed by atoms with Gasteiger partial charge in [-0.05, 0) is 6.07 Å². The van der Waals surface area contributed by atoms with E-state index in [4.69, 9.17) is 15.2 Å². The van der Waals surface area contributed by atoms with Crippen LogP contribution >= 0.6 is 0 Å². The Morgan fingerprint density at radius 1 is 1.25 bits per heavy atom. The summed E-state index contributed by atoms with van der Waals surface area (Å²) in [6, 6.07) is 6.26. The molecule has 148 valence electrons. The van der Waals surface area contributed by atoms with Crippen molar-refractivity contribution < 1.29 is 18.7 Å². The van der Waals surface area contributed by atoms with Gasteiger partial charge in [0.2, 0.25) is 5.95 Å². The van der Waals surface area contributed by atoms with Crippen LogP contribution in [-0.2, 0) is 16.0 Å². The number of aromatic nitrogens is 2. The standard InChI is InChI=1S/C19H22FN5O3/c20-15-4-2-1-3-13(15)11-22-17(26)14-12-23-18(24-16(14)21)25-7-5-19(6-8-25)27-9-10-28-19/h1-4,12H,5-11H2,(H,22,26)(H2,21,23,24). The van der Waals surface area contributed by atoms with E-state index in [1.807, 2.05) is 4.90 Å². The number of amides is 1. The first-order valence-electron chi connectivity index (χ1n) is 9.23. The third-order valence-electron chi connectivity index (χ3n) is 5.07. The lowest BCUT2D eigenvalue weighted by Crippen LogP contribution is -2.45. The zero-order chi connectivity index (χ0) is 19.6. The molecule has 1 amide bonds. The maximum absolute atomic E-state index is 13.7. The number of hydrogen-bond donors (Lipinski definition) is 2. The fourth-order valence-electron chi connectivity index (χ4n) is 3.46. The second kappa shape index (κ2) is 7.69. The molecule has 1 spiro atoms. The molecule has 2 saturated heterocycles. The molecule has 0 bridgehead atoms. The molecule has 0 atom stereocenters. The van der Waals surface area contributed by atoms with Crippen molar-refractivity contribution in [3.63, 3.8) is 0 Å². The zero-order valence-corrected chi connectivity index (χ0v) is 15.4. The summed E-state index contributed by atoms with van der Waals surface area (Å²) in [5.74, 6) is -0.743. The van der Waals surface area contributed by atoms with Gasteiger partial charge in [0, 0.05) is 44.2 Å². The van der Waals surface area contributed by atoms with Crippen LogP contribution in [0.2, 0.25) is 0 Å². The highest BCUT2D eigenvalue weighted by Gasteiger charge is 2.40. The van der Waals surface area contributed by atoms with Crippen molar-refractivity contribution in [2.75, 3.05) is 36.9 Å². The maximum Gasteiger partial charge on any atom is 0.256 e. The van der Waals surface area contributed by atoms with Gasteiger partial charge in [0.1, 0.15) is 11.6 Å². The third kappa shape index (κ3) is 3.76. The van der Waals surface area contributed by atoms with Crippen molar-refractivity contribution in [3.8, 4) is 0 Å². The molecule has 8 nitrogen and oxygen atoms in total. The molecule has 0 saturated carbocycles. The minimum absolute atomic E-state index is 0.0565. The van der Waals surface area contributed by atoms with E-state index in [2.05, 4.69) is 15.3 Å². The number of ether oxygens (including phenoxy) is 2. The van der Waals surface area contributed by atoms with E-state index < -0.39 is 11.7 Å². The van der Waals surface area contributed by atoms with Crippen LogP contribution in [0.5, 0.6) is 0 Å². The summed E-state index contributed by atoms with van der Waals surface area (Å²) in [5, 5.41) is 2.64. The van der Waals surface area contributed by atoms with Gasteiger partial charge in [-0.3, -0.25) is 4.79 Å². The van der Waals surface area contributed by atoms with Crippen LogP contribution in [0.15, 0.2) is 30.5 Å². The van der Waals surface area contributed by atoms with E-state index in [0.717, 1.165) is 12.8 Å². The van der Waals surface area contributed by atoms with Gasteiger partial charge in [0.05, 0.1) is 18.8 Å². The largest absolute Gasteiger partial charge is 0.383 e. The normalized spacial score (nSPS) is 18.4. The number of rotatable bonds is 4. The molecule has 2 fully saturated rings. The first kappa shape index (κ1) is 18.6. The number of hydrogen-bond acceptors (Lipinski definition) is 7. The van der Waals surface area contributed by atoms with Crippen molar-refractivity contribution >= 4 is 17.7 Å². The molecule has 9 heteroatoms. The topological polar surface area (TPSA) is 103 Å². The van der Waals surface area contributed by atoms with E-state index in [9.17, 15) is 9.18 Å². The number of nitrogens with two attached hydrogens (primary N) is 1. The molecule has 2 aliphatic rings. The second-order valence-electron chi connectivity index (χ2n) is 6.84. The lowest BCUT2D eigenvalue weighted by atomic mass is 10.0. The highest BCUT2D eigenvalue weighted by atomic mass is 19.1. The number of nitrogen functional groups attached to an aromatic ring is 1. The Morgan fingerprint density at radius 2 is 1.96 bits per heavy atom. The van der Waals surface area contributed by atoms with Crippen molar-refractivity contribution in [2.45, 2.75) is 25.2 Å². The number of anilines is 2. The predicted octanol–water partition coefficient (Wildman–Crippen LogP) is 1.47. The highest BCUT2D eigenvalue weighted by molar-refractivity contribution is 5.98. The van der Waals surface area contributed by atoms with Gasteiger partial charge in [-0.1, -0.05) is 18.2 Å². The van der Waals surface area contributed by atoms with Gasteiger partial charge in [-0.15, -0.1) is 0 Å². The first-order valence-corrected chi connectivity index (χ1v) is 9.23. The number of carbonyl (C=O) groups is 1. The van der Waals surface area contributed by atoms with Crippen LogP contribution in [0.1, 0.15) is 28.8 Å². The molecule has 4 rings (SSSR count). The quantitative estimate of drug-likeness (QED) is 0.819. The lowest BCUT2D eigenvalue weighted by molar-refractivity contribution is -0.169. The van der Waals surface area contributed by atoms with Crippen LogP contribution in [0.3, 0.4) is 0 Å². The minimum atomic E-state index is -0.478. The van der Waals surface area contributed by atoms with Crippen LogP contribution in [0.25, 0.3) is 0 Å². The van der Waals surface area contributed by atoms with Gasteiger partial charge in [0.15, 0.2) is 5.79 Å². The summed E-state index contributed by atoms with van der Waals surface area (Å²) in [6.07, 6.45) is 2.85. The Balaban J connectivity index is 1.39. The molecule has 3 N–H and O–H groups in total. The number of nitrogens with zero attached hydrogens (tertiary/aromatic N) is 3. The van der Waals surface area contributed by atoms with E-state index in [1.54, 1.807) is 18.2 Å². The summed E-state index contributed by atoms with van der Waals surface area (Å²) >= 11 is 0. The molecular weight excluding hydrogens is 365 g/mol. The third-order valence-corrected chi connectivity index (χ3v) is 5.07. The molecule has 0 unspecified atom stereocenters. The average Bonchev–Trinajstić information content (AvgIpc) is 3.15. The Bertz CT molecular complexity index is 862. The van der Waals surface area contributed by atoms with E-state index in [-0.39, 0.29) is 23.7 Å². The summed E-state index contributed by atoms with van der Waals surface area (Å²) in [5.41, 5.74) is 6.54. The highest BCUT2D eigenvalue weighted by Crippen LogP contribution is 2.32. The molecule has 3 heterocycles. The van der Waals surface area contributed by atoms with E-state index >= 15 is 0 Å². The van der Waals surface area contributed by atoms with Gasteiger partial charge in [-0.2, -0.15) is 4.98 Å². The zero-order valence-electron chi connectivity index (χ0n) is 15.4. The SMILES string of the molecule is Nc1nc(N2CCC3(CC2)OCCO3)ncc1C(=O)NCc1ccccc1F. The minimum Gasteiger partial charge on any atom is -0.383 e. The second-order valence-corrected chi connectivity index (χ2v) is 6.84. The van der Waals surface area contributed by atoms with Crippen molar-refractivity contribution in [3.05, 3.63) is 47.4 Å². The Hall–Kier alpha value is -2.78. The predicted molar refractivity (Wildman–Crippen MR) is 100 cm³/mol. The number of benzene rings is 1. The van der Waals surface area contributed by atoms with Crippen molar-refractivity contribution in [1.29, 1.82) is 0 Å². The molecule has 28 heavy (non-hydrogen) atoms. The summed E-state index contributed by atoms with van der Waals surface area (Å²) in [7, 11) is 0. The summed E-state index contributed by atoms with van der Waals surface area (Å²) in [6.45, 7) is 2.66. The van der Waals surface area contributed by atoms with Crippen LogP contribution < -0.4 is 16.0 Å². The van der Waals surface area contributed by atoms with Gasteiger partial charge < -0.3 is 25.4 Å². The first-order chi connectivity index (χ1) is 13.6. The summed E-state index contributed by atoms with van der Waals surface area (Å²) < 4.78 is 25.1. The van der Waals surface area contributed by atoms with Crippen molar-refractivity contribution in [1.82, 2.24) is 15.3 Å². The number of piperidine rings is 1. The lowest BCUT2D eigenvalue weighted by Gasteiger charge is -2.37. The Morgan fingerprint density at radius 3 is 2.64 bits per heavy atom. The maximum atomic E-state index is 13.7. The van der Waals surface area contributed by atoms with Crippen LogP contribution in [0, 0.1) is 5.82 Å². The van der Waals surface area contributed by atoms with Crippen LogP contribution in [0.4, 0.5) is 16.2 Å². The monoisotopic (exact) mass is 387 g/mol. The molecule has 0 aliphatic carbocycles. The molecule has 2 aliphatic heterocycles. The van der Waals surface area contributed by atoms with E-state index in [0.29, 0.717) is 37.8 Å². The Labute approximate surface area is 161 Å². The molecular formula is C19H22FN5O3. The molecule has 2 aromatic rings. The Kier molecular flexibility index (Phi) is 5.10. The number of halogens is 1.